The number of rotatable bonds is 2. The SMILES string of the molecule is CCOC1=CC(=O)C2=C(C1=O)C1CCC2C1. The van der Waals surface area contributed by atoms with Gasteiger partial charge in [0, 0.05) is 17.2 Å². The van der Waals surface area contributed by atoms with Gasteiger partial charge in [0.25, 0.3) is 0 Å². The van der Waals surface area contributed by atoms with Gasteiger partial charge in [0.2, 0.25) is 5.78 Å². The fourth-order valence-electron chi connectivity index (χ4n) is 3.25. The second-order valence-corrected chi connectivity index (χ2v) is 4.67. The van der Waals surface area contributed by atoms with Crippen molar-refractivity contribution in [1.29, 1.82) is 0 Å². The highest BCUT2D eigenvalue weighted by molar-refractivity contribution is 6.23. The number of ether oxygens (including phenoxy) is 1. The van der Waals surface area contributed by atoms with Gasteiger partial charge in [-0.05, 0) is 38.0 Å². The highest BCUT2D eigenvalue weighted by atomic mass is 16.5. The van der Waals surface area contributed by atoms with Gasteiger partial charge in [-0.2, -0.15) is 0 Å². The molecule has 3 aliphatic rings. The summed E-state index contributed by atoms with van der Waals surface area (Å²) in [6.45, 7) is 2.25. The van der Waals surface area contributed by atoms with Crippen molar-refractivity contribution in [2.45, 2.75) is 26.2 Å². The maximum Gasteiger partial charge on any atom is 0.224 e. The summed E-state index contributed by atoms with van der Waals surface area (Å²) in [4.78, 5) is 24.1. The monoisotopic (exact) mass is 218 g/mol. The van der Waals surface area contributed by atoms with Gasteiger partial charge in [-0.25, -0.2) is 0 Å². The number of carbonyl (C=O) groups excluding carboxylic acids is 2. The minimum atomic E-state index is -0.0383. The van der Waals surface area contributed by atoms with Gasteiger partial charge in [0.15, 0.2) is 11.5 Å². The normalized spacial score (nSPS) is 31.9. The van der Waals surface area contributed by atoms with Crippen LogP contribution in [0.1, 0.15) is 26.2 Å². The second-order valence-electron chi connectivity index (χ2n) is 4.67. The maximum absolute atomic E-state index is 12.1. The number of Topliss-reactive ketones (excluding diaryl/α,β-unsaturated/α-hetero) is 1. The number of fused-ring (bicyclic) bond motifs is 4. The Labute approximate surface area is 94.2 Å². The summed E-state index contributed by atoms with van der Waals surface area (Å²) in [5, 5.41) is 0. The molecule has 84 valence electrons. The zero-order valence-electron chi connectivity index (χ0n) is 9.29. The Morgan fingerprint density at radius 3 is 2.62 bits per heavy atom. The van der Waals surface area contributed by atoms with Crippen molar-refractivity contribution in [3.63, 3.8) is 0 Å². The molecule has 0 saturated heterocycles. The van der Waals surface area contributed by atoms with Crippen LogP contribution in [0.15, 0.2) is 23.0 Å². The standard InChI is InChI=1S/C13H14O3/c1-2-16-10-6-9(14)11-7-3-4-8(5-7)12(11)13(10)15/h6-8H,2-5H2,1H3. The van der Waals surface area contributed by atoms with Crippen LogP contribution in [0.25, 0.3) is 0 Å². The first-order valence-corrected chi connectivity index (χ1v) is 5.90. The molecule has 0 aromatic rings. The smallest absolute Gasteiger partial charge is 0.224 e. The molecule has 3 aliphatic carbocycles. The number of hydrogen-bond acceptors (Lipinski definition) is 3. The summed E-state index contributed by atoms with van der Waals surface area (Å²) in [5.74, 6) is 0.879. The molecule has 16 heavy (non-hydrogen) atoms. The van der Waals surface area contributed by atoms with Gasteiger partial charge < -0.3 is 4.74 Å². The van der Waals surface area contributed by atoms with E-state index in [0.29, 0.717) is 18.4 Å². The topological polar surface area (TPSA) is 43.4 Å². The minimum absolute atomic E-state index is 0.00486. The van der Waals surface area contributed by atoms with E-state index < -0.39 is 0 Å². The fraction of sp³-hybridized carbons (Fsp3) is 0.538. The van der Waals surface area contributed by atoms with Crippen molar-refractivity contribution in [3.8, 4) is 0 Å². The van der Waals surface area contributed by atoms with Crippen LogP contribution < -0.4 is 0 Å². The third kappa shape index (κ3) is 1.14. The predicted molar refractivity (Wildman–Crippen MR) is 57.6 cm³/mol. The third-order valence-corrected chi connectivity index (χ3v) is 3.84. The quantitative estimate of drug-likeness (QED) is 0.663. The summed E-state index contributed by atoms with van der Waals surface area (Å²) in [5.41, 5.74) is 1.57. The Kier molecular flexibility index (Phi) is 2.03. The predicted octanol–water partition coefficient (Wildman–Crippen LogP) is 1.79. The molecule has 1 fully saturated rings. The van der Waals surface area contributed by atoms with Gasteiger partial charge in [0.1, 0.15) is 0 Å². The summed E-state index contributed by atoms with van der Waals surface area (Å²) in [6, 6.07) is 0. The molecule has 0 aliphatic heterocycles. The third-order valence-electron chi connectivity index (χ3n) is 3.84. The van der Waals surface area contributed by atoms with Crippen molar-refractivity contribution in [2.24, 2.45) is 11.8 Å². The van der Waals surface area contributed by atoms with Crippen LogP contribution in [0.4, 0.5) is 0 Å². The number of carbonyl (C=O) groups is 2. The van der Waals surface area contributed by atoms with Crippen LogP contribution in [0.3, 0.4) is 0 Å². The van der Waals surface area contributed by atoms with E-state index in [1.165, 1.54) is 6.08 Å². The average molecular weight is 218 g/mol. The van der Waals surface area contributed by atoms with Crippen LogP contribution >= 0.6 is 0 Å². The average Bonchev–Trinajstić information content (AvgIpc) is 2.85. The summed E-state index contributed by atoms with van der Waals surface area (Å²) in [6.07, 6.45) is 4.50. The van der Waals surface area contributed by atoms with Gasteiger partial charge in [0.05, 0.1) is 6.61 Å². The van der Waals surface area contributed by atoms with E-state index in [4.69, 9.17) is 4.74 Å². The molecule has 0 radical (unpaired) electrons. The van der Waals surface area contributed by atoms with E-state index in [2.05, 4.69) is 0 Å². The lowest BCUT2D eigenvalue weighted by Crippen LogP contribution is -2.24. The lowest BCUT2D eigenvalue weighted by molar-refractivity contribution is -0.119. The van der Waals surface area contributed by atoms with Crippen molar-refractivity contribution in [2.75, 3.05) is 6.61 Å². The molecule has 0 spiro atoms. The molecular weight excluding hydrogens is 204 g/mol. The molecule has 2 unspecified atom stereocenters. The zero-order valence-corrected chi connectivity index (χ0v) is 9.29. The Balaban J connectivity index is 2.01. The molecule has 2 atom stereocenters. The first-order chi connectivity index (χ1) is 7.72. The molecule has 2 bridgehead atoms. The summed E-state index contributed by atoms with van der Waals surface area (Å²) in [7, 11) is 0. The Bertz CT molecular complexity index is 442. The first-order valence-electron chi connectivity index (χ1n) is 5.90. The molecule has 3 heteroatoms. The van der Waals surface area contributed by atoms with Gasteiger partial charge in [-0.1, -0.05) is 0 Å². The highest BCUT2D eigenvalue weighted by Gasteiger charge is 2.46. The maximum atomic E-state index is 12.1. The van der Waals surface area contributed by atoms with E-state index in [-0.39, 0.29) is 17.3 Å². The first kappa shape index (κ1) is 9.82. The number of allylic oxidation sites excluding steroid dienone is 3. The molecule has 0 aromatic heterocycles. The van der Waals surface area contributed by atoms with Gasteiger partial charge in [-0.15, -0.1) is 0 Å². The fourth-order valence-corrected chi connectivity index (χ4v) is 3.25. The molecule has 0 aromatic carbocycles. The van der Waals surface area contributed by atoms with E-state index in [0.717, 1.165) is 30.4 Å². The molecule has 0 amide bonds. The molecular formula is C13H14O3. The zero-order chi connectivity index (χ0) is 11.3. The number of ketones is 2. The van der Waals surface area contributed by atoms with Crippen molar-refractivity contribution in [1.82, 2.24) is 0 Å². The largest absolute Gasteiger partial charge is 0.490 e. The highest BCUT2D eigenvalue weighted by Crippen LogP contribution is 2.51. The van der Waals surface area contributed by atoms with Crippen LogP contribution in [-0.2, 0) is 14.3 Å². The molecule has 3 nitrogen and oxygen atoms in total. The Hall–Kier alpha value is -1.38. The van der Waals surface area contributed by atoms with Gasteiger partial charge >= 0.3 is 0 Å². The van der Waals surface area contributed by atoms with Crippen molar-refractivity contribution >= 4 is 11.6 Å². The molecule has 1 saturated carbocycles. The van der Waals surface area contributed by atoms with Crippen LogP contribution in [0.5, 0.6) is 0 Å². The van der Waals surface area contributed by atoms with Crippen molar-refractivity contribution < 1.29 is 14.3 Å². The van der Waals surface area contributed by atoms with Crippen LogP contribution in [-0.4, -0.2) is 18.2 Å². The lowest BCUT2D eigenvalue weighted by atomic mass is 9.83. The Morgan fingerprint density at radius 2 is 1.94 bits per heavy atom. The molecule has 0 N–H and O–H groups in total. The minimum Gasteiger partial charge on any atom is -0.490 e. The van der Waals surface area contributed by atoms with E-state index >= 15 is 0 Å². The lowest BCUT2D eigenvalue weighted by Gasteiger charge is -2.22. The summed E-state index contributed by atoms with van der Waals surface area (Å²) < 4.78 is 5.24. The van der Waals surface area contributed by atoms with E-state index in [1.54, 1.807) is 0 Å². The van der Waals surface area contributed by atoms with Crippen molar-refractivity contribution in [3.05, 3.63) is 23.0 Å². The van der Waals surface area contributed by atoms with Crippen LogP contribution in [0, 0.1) is 11.8 Å². The van der Waals surface area contributed by atoms with Crippen LogP contribution in [0.2, 0.25) is 0 Å². The molecule has 0 heterocycles. The summed E-state index contributed by atoms with van der Waals surface area (Å²) >= 11 is 0. The van der Waals surface area contributed by atoms with E-state index in [1.807, 2.05) is 6.92 Å². The van der Waals surface area contributed by atoms with E-state index in [9.17, 15) is 9.59 Å². The second kappa shape index (κ2) is 3.30. The Morgan fingerprint density at radius 1 is 1.25 bits per heavy atom. The van der Waals surface area contributed by atoms with Gasteiger partial charge in [-0.3, -0.25) is 9.59 Å². The molecule has 3 rings (SSSR count). The number of hydrogen-bond donors (Lipinski definition) is 0.